The van der Waals surface area contributed by atoms with Gasteiger partial charge in [-0.3, -0.25) is 9.59 Å². The largest absolute Gasteiger partial charge is 0.396 e. The molecule has 1 saturated heterocycles. The van der Waals surface area contributed by atoms with E-state index in [1.807, 2.05) is 48.2 Å². The first-order valence-electron chi connectivity index (χ1n) is 12.4. The summed E-state index contributed by atoms with van der Waals surface area (Å²) in [7, 11) is 0. The molecule has 1 fully saturated rings. The summed E-state index contributed by atoms with van der Waals surface area (Å²) in [5.41, 5.74) is 1.37. The number of fused-ring (bicyclic) bond motifs is 1. The van der Waals surface area contributed by atoms with Gasteiger partial charge in [0.05, 0.1) is 12.2 Å². The van der Waals surface area contributed by atoms with Gasteiger partial charge in [-0.25, -0.2) is 0 Å². The number of hydrogen-bond acceptors (Lipinski definition) is 4. The average molecular weight is 541 g/mol. The molecule has 4 rings (SSSR count). The standard InChI is InChI=1S/C28H33BrN2O4/c1-20(8-5-7-17-32)28(35)24-18-22(29)12-15-25(24)31(27(28)34)19-21-10-13-23(14-11-21)30-16-6-3-2-4-9-26(30)33/h5,8,10-15,18,20,32,35H,2-4,6-7,9,16-17,19H2,1H3/b8-5+/t20-,28+/m1/s1. The molecule has 0 aliphatic carbocycles. The molecule has 2 aliphatic heterocycles. The summed E-state index contributed by atoms with van der Waals surface area (Å²) in [6.07, 6.45) is 8.84. The number of nitrogens with zero attached hydrogens (tertiary/aromatic N) is 2. The smallest absolute Gasteiger partial charge is 0.264 e. The number of amides is 2. The number of rotatable bonds is 7. The third-order valence-corrected chi connectivity index (χ3v) is 7.52. The molecule has 2 N–H and O–H groups in total. The van der Waals surface area contributed by atoms with E-state index in [0.29, 0.717) is 30.6 Å². The first-order chi connectivity index (χ1) is 16.9. The number of carbonyl (C=O) groups excluding carboxylic acids is 2. The number of carbonyl (C=O) groups is 2. The fourth-order valence-electron chi connectivity index (χ4n) is 4.99. The van der Waals surface area contributed by atoms with E-state index in [1.54, 1.807) is 23.1 Å². The van der Waals surface area contributed by atoms with E-state index in [-0.39, 0.29) is 18.4 Å². The third kappa shape index (κ3) is 5.22. The van der Waals surface area contributed by atoms with Gasteiger partial charge in [-0.1, -0.05) is 60.0 Å². The highest BCUT2D eigenvalue weighted by molar-refractivity contribution is 9.10. The SMILES string of the molecule is C[C@H](/C=C/CCO)[C@@]1(O)C(=O)N(Cc2ccc(N3CCCCCCC3=O)cc2)c2ccc(Br)cc21. The molecular weight excluding hydrogens is 508 g/mol. The number of halogens is 1. The fraction of sp³-hybridized carbons (Fsp3) is 0.429. The Hall–Kier alpha value is -2.48. The monoisotopic (exact) mass is 540 g/mol. The van der Waals surface area contributed by atoms with Crippen LogP contribution in [0.5, 0.6) is 0 Å². The molecule has 0 spiro atoms. The molecule has 7 heteroatoms. The molecule has 2 atom stereocenters. The van der Waals surface area contributed by atoms with Gasteiger partial charge < -0.3 is 20.0 Å². The van der Waals surface area contributed by atoms with E-state index in [0.717, 1.165) is 48.0 Å². The second-order valence-corrected chi connectivity index (χ2v) is 10.3. The van der Waals surface area contributed by atoms with Crippen molar-refractivity contribution in [1.29, 1.82) is 0 Å². The van der Waals surface area contributed by atoms with Crippen molar-refractivity contribution in [2.45, 2.75) is 57.6 Å². The van der Waals surface area contributed by atoms with Gasteiger partial charge in [0.1, 0.15) is 0 Å². The Morgan fingerprint density at radius 3 is 2.57 bits per heavy atom. The third-order valence-electron chi connectivity index (χ3n) is 7.02. The quantitative estimate of drug-likeness (QED) is 0.481. The molecule has 0 bridgehead atoms. The highest BCUT2D eigenvalue weighted by Crippen LogP contribution is 2.46. The summed E-state index contributed by atoms with van der Waals surface area (Å²) in [6, 6.07) is 13.3. The fourth-order valence-corrected chi connectivity index (χ4v) is 5.35. The molecule has 2 amide bonds. The van der Waals surface area contributed by atoms with Crippen LogP contribution in [0.25, 0.3) is 0 Å². The first-order valence-corrected chi connectivity index (χ1v) is 13.2. The summed E-state index contributed by atoms with van der Waals surface area (Å²) in [4.78, 5) is 29.7. The van der Waals surface area contributed by atoms with Crippen molar-refractivity contribution < 1.29 is 19.8 Å². The maximum absolute atomic E-state index is 13.6. The van der Waals surface area contributed by atoms with Crippen LogP contribution < -0.4 is 9.80 Å². The molecular formula is C28H33BrN2O4. The zero-order valence-corrected chi connectivity index (χ0v) is 21.7. The Bertz CT molecular complexity index is 1100. The van der Waals surface area contributed by atoms with Gasteiger partial charge in [-0.2, -0.15) is 0 Å². The highest BCUT2D eigenvalue weighted by Gasteiger charge is 2.52. The lowest BCUT2D eigenvalue weighted by molar-refractivity contribution is -0.139. The van der Waals surface area contributed by atoms with Crippen LogP contribution in [0.2, 0.25) is 0 Å². The van der Waals surface area contributed by atoms with Crippen molar-refractivity contribution in [3.8, 4) is 0 Å². The molecule has 186 valence electrons. The molecule has 2 aromatic carbocycles. The molecule has 0 aromatic heterocycles. The van der Waals surface area contributed by atoms with Crippen LogP contribution in [-0.2, 0) is 21.7 Å². The van der Waals surface area contributed by atoms with Crippen LogP contribution in [0.15, 0.2) is 59.1 Å². The molecule has 2 heterocycles. The average Bonchev–Trinajstić information content (AvgIpc) is 3.05. The van der Waals surface area contributed by atoms with Crippen LogP contribution >= 0.6 is 15.9 Å². The van der Waals surface area contributed by atoms with Gasteiger partial charge in [0.15, 0.2) is 5.60 Å². The van der Waals surface area contributed by atoms with Crippen molar-refractivity contribution in [2.24, 2.45) is 5.92 Å². The Kier molecular flexibility index (Phi) is 8.09. The van der Waals surface area contributed by atoms with Crippen LogP contribution in [0.1, 0.15) is 56.6 Å². The maximum atomic E-state index is 13.6. The molecule has 0 radical (unpaired) electrons. The highest BCUT2D eigenvalue weighted by atomic mass is 79.9. The van der Waals surface area contributed by atoms with Gasteiger partial charge in [0.25, 0.3) is 5.91 Å². The predicted octanol–water partition coefficient (Wildman–Crippen LogP) is 5.06. The van der Waals surface area contributed by atoms with Crippen molar-refractivity contribution in [3.05, 3.63) is 70.2 Å². The van der Waals surface area contributed by atoms with Gasteiger partial charge in [0, 0.05) is 41.2 Å². The van der Waals surface area contributed by atoms with E-state index in [9.17, 15) is 14.7 Å². The lowest BCUT2D eigenvalue weighted by atomic mass is 9.83. The summed E-state index contributed by atoms with van der Waals surface area (Å²) in [5.74, 6) is -0.671. The minimum absolute atomic E-state index is 0.0167. The zero-order chi connectivity index (χ0) is 25.0. The number of aliphatic hydroxyl groups is 2. The molecule has 35 heavy (non-hydrogen) atoms. The van der Waals surface area contributed by atoms with Crippen LogP contribution in [-0.4, -0.2) is 35.2 Å². The predicted molar refractivity (Wildman–Crippen MR) is 141 cm³/mol. The Morgan fingerprint density at radius 1 is 1.09 bits per heavy atom. The van der Waals surface area contributed by atoms with Crippen molar-refractivity contribution >= 4 is 39.1 Å². The lowest BCUT2D eigenvalue weighted by Gasteiger charge is -2.28. The molecule has 6 nitrogen and oxygen atoms in total. The van der Waals surface area contributed by atoms with E-state index in [1.165, 1.54) is 0 Å². The topological polar surface area (TPSA) is 81.1 Å². The van der Waals surface area contributed by atoms with E-state index in [2.05, 4.69) is 15.9 Å². The van der Waals surface area contributed by atoms with Gasteiger partial charge >= 0.3 is 0 Å². The Morgan fingerprint density at radius 2 is 1.83 bits per heavy atom. The molecule has 0 unspecified atom stereocenters. The second-order valence-electron chi connectivity index (χ2n) is 9.42. The van der Waals surface area contributed by atoms with Crippen molar-refractivity contribution in [1.82, 2.24) is 0 Å². The van der Waals surface area contributed by atoms with Crippen molar-refractivity contribution in [2.75, 3.05) is 23.0 Å². The summed E-state index contributed by atoms with van der Waals surface area (Å²) in [6.45, 7) is 2.88. The Balaban J connectivity index is 1.58. The molecule has 0 saturated carbocycles. The number of aliphatic hydroxyl groups excluding tert-OH is 1. The normalized spacial score (nSPS) is 21.8. The second kappa shape index (κ2) is 11.1. The number of hydrogen-bond donors (Lipinski definition) is 2. The number of benzene rings is 2. The molecule has 2 aromatic rings. The van der Waals surface area contributed by atoms with Gasteiger partial charge in [-0.05, 0) is 55.2 Å². The minimum Gasteiger partial charge on any atom is -0.396 e. The summed E-state index contributed by atoms with van der Waals surface area (Å²) < 4.78 is 0.790. The van der Waals surface area contributed by atoms with Crippen LogP contribution in [0, 0.1) is 5.92 Å². The van der Waals surface area contributed by atoms with E-state index >= 15 is 0 Å². The lowest BCUT2D eigenvalue weighted by Crippen LogP contribution is -2.44. The first kappa shape index (κ1) is 25.6. The van der Waals surface area contributed by atoms with E-state index in [4.69, 9.17) is 5.11 Å². The van der Waals surface area contributed by atoms with E-state index < -0.39 is 11.5 Å². The van der Waals surface area contributed by atoms with Gasteiger partial charge in [0.2, 0.25) is 5.91 Å². The summed E-state index contributed by atoms with van der Waals surface area (Å²) >= 11 is 3.47. The zero-order valence-electron chi connectivity index (χ0n) is 20.1. The maximum Gasteiger partial charge on any atom is 0.264 e. The molecule has 2 aliphatic rings. The Labute approximate surface area is 215 Å². The minimum atomic E-state index is -1.69. The number of anilines is 2. The van der Waals surface area contributed by atoms with Crippen molar-refractivity contribution in [3.63, 3.8) is 0 Å². The van der Waals surface area contributed by atoms with Crippen LogP contribution in [0.4, 0.5) is 11.4 Å². The summed E-state index contributed by atoms with van der Waals surface area (Å²) in [5, 5.41) is 20.8. The van der Waals surface area contributed by atoms with Crippen LogP contribution in [0.3, 0.4) is 0 Å². The van der Waals surface area contributed by atoms with Gasteiger partial charge in [-0.15, -0.1) is 0 Å².